The second-order valence-corrected chi connectivity index (χ2v) is 6.69. The third-order valence-corrected chi connectivity index (χ3v) is 4.73. The second kappa shape index (κ2) is 8.23. The molecule has 3 rings (SSSR count). The van der Waals surface area contributed by atoms with E-state index in [1.807, 2.05) is 13.0 Å². The lowest BCUT2D eigenvalue weighted by Gasteiger charge is -2.16. The van der Waals surface area contributed by atoms with Gasteiger partial charge in [0.15, 0.2) is 5.16 Å². The quantitative estimate of drug-likeness (QED) is 0.385. The summed E-state index contributed by atoms with van der Waals surface area (Å²) >= 11 is 1.24. The predicted molar refractivity (Wildman–Crippen MR) is 105 cm³/mol. The minimum atomic E-state index is -0.556. The van der Waals surface area contributed by atoms with Gasteiger partial charge in [-0.25, -0.2) is 9.37 Å². The zero-order valence-electron chi connectivity index (χ0n) is 15.0. The van der Waals surface area contributed by atoms with Crippen molar-refractivity contribution in [3.63, 3.8) is 0 Å². The topological polar surface area (TPSA) is 78.8 Å². The fraction of sp³-hybridized carbons (Fsp3) is 0.250. The fourth-order valence-corrected chi connectivity index (χ4v) is 3.18. The number of nitrogens with one attached hydrogen (secondary N) is 1. The van der Waals surface area contributed by atoms with Crippen LogP contribution < -0.4 is 10.3 Å². The van der Waals surface area contributed by atoms with Gasteiger partial charge >= 0.3 is 0 Å². The smallest absolute Gasteiger partial charge is 0.270 e. The molecule has 0 aliphatic carbocycles. The number of ether oxygens (including phenoxy) is 1. The van der Waals surface area contributed by atoms with E-state index in [4.69, 9.17) is 4.74 Å². The molecule has 0 saturated heterocycles. The van der Waals surface area contributed by atoms with Gasteiger partial charge in [-0.1, -0.05) is 49.4 Å². The Bertz CT molecular complexity index is 1090. The minimum absolute atomic E-state index is 0.127. The first-order chi connectivity index (χ1) is 13.1. The van der Waals surface area contributed by atoms with E-state index in [1.54, 1.807) is 30.5 Å². The molecule has 0 unspecified atom stereocenters. The van der Waals surface area contributed by atoms with Gasteiger partial charge in [0.25, 0.3) is 5.56 Å². The standard InChI is InChI=1S/C20H18FN3O2S/c1-3-4-9-26-18-13-8-6-5-7-12(13)16(21)10-14(18)17-15(11-22)19(25)24-20(23-17)27-2/h5-8,10H,3-4,9H2,1-2H3,(H,23,24,25). The number of aromatic amines is 1. The summed E-state index contributed by atoms with van der Waals surface area (Å²) in [4.78, 5) is 19.2. The minimum Gasteiger partial charge on any atom is -0.492 e. The van der Waals surface area contributed by atoms with Crippen molar-refractivity contribution in [2.45, 2.75) is 24.9 Å². The van der Waals surface area contributed by atoms with E-state index in [2.05, 4.69) is 9.97 Å². The maximum Gasteiger partial charge on any atom is 0.270 e. The van der Waals surface area contributed by atoms with Crippen LogP contribution in [0.15, 0.2) is 40.3 Å². The number of aromatic nitrogens is 2. The Kier molecular flexibility index (Phi) is 5.77. The van der Waals surface area contributed by atoms with Crippen LogP contribution in [0.25, 0.3) is 22.0 Å². The molecule has 0 atom stereocenters. The summed E-state index contributed by atoms with van der Waals surface area (Å²) in [6.07, 6.45) is 3.53. The molecule has 1 aromatic heterocycles. The molecule has 1 N–H and O–H groups in total. The predicted octanol–water partition coefficient (Wildman–Crippen LogP) is 4.50. The van der Waals surface area contributed by atoms with Crippen LogP contribution in [0.5, 0.6) is 5.75 Å². The van der Waals surface area contributed by atoms with Gasteiger partial charge in [0.05, 0.1) is 6.61 Å². The highest BCUT2D eigenvalue weighted by Crippen LogP contribution is 2.39. The van der Waals surface area contributed by atoms with Crippen molar-refractivity contribution in [1.29, 1.82) is 5.26 Å². The van der Waals surface area contributed by atoms with Crippen LogP contribution in [0, 0.1) is 17.1 Å². The summed E-state index contributed by atoms with van der Waals surface area (Å²) in [5.41, 5.74) is -0.287. The summed E-state index contributed by atoms with van der Waals surface area (Å²) in [5.74, 6) is -0.0257. The number of rotatable bonds is 6. The summed E-state index contributed by atoms with van der Waals surface area (Å²) in [5, 5.41) is 10.8. The normalized spacial score (nSPS) is 10.7. The van der Waals surface area contributed by atoms with Gasteiger partial charge in [-0.05, 0) is 18.7 Å². The summed E-state index contributed by atoms with van der Waals surface area (Å²) in [7, 11) is 0. The Morgan fingerprint density at radius 1 is 1.33 bits per heavy atom. The third-order valence-electron chi connectivity index (χ3n) is 4.15. The number of nitriles is 1. The van der Waals surface area contributed by atoms with E-state index in [9.17, 15) is 14.4 Å². The van der Waals surface area contributed by atoms with Gasteiger partial charge in [0.2, 0.25) is 0 Å². The molecule has 0 spiro atoms. The van der Waals surface area contributed by atoms with Crippen LogP contribution in [0.3, 0.4) is 0 Å². The highest BCUT2D eigenvalue weighted by atomic mass is 32.2. The number of unbranched alkanes of at least 4 members (excludes halogenated alkanes) is 1. The number of hydrogen-bond donors (Lipinski definition) is 1. The lowest BCUT2D eigenvalue weighted by Crippen LogP contribution is -2.15. The van der Waals surface area contributed by atoms with Gasteiger partial charge in [-0.15, -0.1) is 0 Å². The molecule has 0 aliphatic heterocycles. The average Bonchev–Trinajstić information content (AvgIpc) is 2.69. The van der Waals surface area contributed by atoms with Crippen molar-refractivity contribution in [2.24, 2.45) is 0 Å². The SMILES string of the molecule is CCCCOc1c(-c2nc(SC)[nH]c(=O)c2C#N)cc(F)c2ccccc12. The molecule has 0 bridgehead atoms. The first-order valence-corrected chi connectivity index (χ1v) is 9.76. The lowest BCUT2D eigenvalue weighted by molar-refractivity contribution is 0.314. The van der Waals surface area contributed by atoms with Crippen molar-refractivity contribution in [3.8, 4) is 23.1 Å². The lowest BCUT2D eigenvalue weighted by atomic mass is 10.00. The molecule has 1 heterocycles. The zero-order chi connectivity index (χ0) is 19.4. The number of H-pyrrole nitrogens is 1. The molecule has 2 aromatic carbocycles. The fourth-order valence-electron chi connectivity index (χ4n) is 2.80. The Balaban J connectivity index is 2.34. The van der Waals surface area contributed by atoms with Crippen LogP contribution in [0.4, 0.5) is 4.39 Å². The Labute approximate surface area is 160 Å². The zero-order valence-corrected chi connectivity index (χ0v) is 15.8. The van der Waals surface area contributed by atoms with Crippen molar-refractivity contribution in [1.82, 2.24) is 9.97 Å². The first kappa shape index (κ1) is 18.9. The van der Waals surface area contributed by atoms with Crippen LogP contribution >= 0.6 is 11.8 Å². The average molecular weight is 383 g/mol. The van der Waals surface area contributed by atoms with Crippen LogP contribution in [-0.4, -0.2) is 22.8 Å². The van der Waals surface area contributed by atoms with Gasteiger partial charge in [0, 0.05) is 16.3 Å². The van der Waals surface area contributed by atoms with Gasteiger partial charge < -0.3 is 9.72 Å². The van der Waals surface area contributed by atoms with E-state index in [-0.39, 0.29) is 11.3 Å². The molecule has 7 heteroatoms. The van der Waals surface area contributed by atoms with Crippen molar-refractivity contribution >= 4 is 22.5 Å². The second-order valence-electron chi connectivity index (χ2n) is 5.89. The monoisotopic (exact) mass is 383 g/mol. The maximum atomic E-state index is 14.8. The summed E-state index contributed by atoms with van der Waals surface area (Å²) in [6.45, 7) is 2.49. The highest BCUT2D eigenvalue weighted by molar-refractivity contribution is 7.98. The van der Waals surface area contributed by atoms with E-state index < -0.39 is 11.4 Å². The van der Waals surface area contributed by atoms with Crippen molar-refractivity contribution in [3.05, 3.63) is 52.1 Å². The molecule has 5 nitrogen and oxygen atoms in total. The molecule has 0 saturated carbocycles. The molecule has 3 aromatic rings. The number of thioether (sulfide) groups is 1. The number of halogens is 1. The van der Waals surface area contributed by atoms with Crippen LogP contribution in [-0.2, 0) is 0 Å². The van der Waals surface area contributed by atoms with E-state index >= 15 is 0 Å². The molecule has 27 heavy (non-hydrogen) atoms. The third kappa shape index (κ3) is 3.67. The van der Waals surface area contributed by atoms with Crippen LogP contribution in [0.2, 0.25) is 0 Å². The summed E-state index contributed by atoms with van der Waals surface area (Å²) in [6, 6.07) is 10.1. The number of benzene rings is 2. The first-order valence-electron chi connectivity index (χ1n) is 8.53. The van der Waals surface area contributed by atoms with Gasteiger partial charge in [-0.3, -0.25) is 4.79 Å². The molecule has 0 amide bonds. The largest absolute Gasteiger partial charge is 0.492 e. The number of fused-ring (bicyclic) bond motifs is 1. The molecular formula is C20H18FN3O2S. The highest BCUT2D eigenvalue weighted by Gasteiger charge is 2.21. The number of hydrogen-bond acceptors (Lipinski definition) is 5. The molecular weight excluding hydrogens is 365 g/mol. The van der Waals surface area contributed by atoms with Crippen molar-refractivity contribution in [2.75, 3.05) is 12.9 Å². The van der Waals surface area contributed by atoms with E-state index in [0.29, 0.717) is 33.8 Å². The molecule has 0 aliphatic rings. The Morgan fingerprint density at radius 2 is 2.07 bits per heavy atom. The van der Waals surface area contributed by atoms with Gasteiger partial charge in [-0.2, -0.15) is 5.26 Å². The van der Waals surface area contributed by atoms with Crippen molar-refractivity contribution < 1.29 is 9.13 Å². The van der Waals surface area contributed by atoms with E-state index in [0.717, 1.165) is 12.8 Å². The Hall–Kier alpha value is -2.85. The van der Waals surface area contributed by atoms with E-state index in [1.165, 1.54) is 17.8 Å². The molecule has 138 valence electrons. The van der Waals surface area contributed by atoms with Crippen LogP contribution in [0.1, 0.15) is 25.3 Å². The molecule has 0 fully saturated rings. The summed E-state index contributed by atoms with van der Waals surface area (Å²) < 4.78 is 20.7. The number of nitrogens with zero attached hydrogens (tertiary/aromatic N) is 2. The maximum absolute atomic E-state index is 14.8. The molecule has 0 radical (unpaired) electrons. The van der Waals surface area contributed by atoms with Gasteiger partial charge in [0.1, 0.15) is 28.9 Å². The Morgan fingerprint density at radius 3 is 2.74 bits per heavy atom.